The molecule has 1 aliphatic rings. The lowest BCUT2D eigenvalue weighted by atomic mass is 9.95. The topological polar surface area (TPSA) is 38.7 Å². The van der Waals surface area contributed by atoms with Gasteiger partial charge in [-0.15, -0.1) is 0 Å². The van der Waals surface area contributed by atoms with Crippen molar-refractivity contribution in [3.05, 3.63) is 23.8 Å². The van der Waals surface area contributed by atoms with Gasteiger partial charge in [-0.3, -0.25) is 0 Å². The summed E-state index contributed by atoms with van der Waals surface area (Å²) in [7, 11) is 0. The van der Waals surface area contributed by atoms with Gasteiger partial charge in [0.15, 0.2) is 11.5 Å². The summed E-state index contributed by atoms with van der Waals surface area (Å²) in [5, 5.41) is 10.0. The van der Waals surface area contributed by atoms with Gasteiger partial charge >= 0.3 is 0 Å². The SMILES string of the molecule is CCC(C)C(O)c1ccc2c(c1)OCO2. The average Bonchev–Trinajstić information content (AvgIpc) is 2.73. The van der Waals surface area contributed by atoms with E-state index in [-0.39, 0.29) is 12.7 Å². The van der Waals surface area contributed by atoms with E-state index in [0.717, 1.165) is 23.5 Å². The molecule has 0 radical (unpaired) electrons. The maximum atomic E-state index is 10.0. The molecule has 2 rings (SSSR count). The molecule has 0 spiro atoms. The summed E-state index contributed by atoms with van der Waals surface area (Å²) >= 11 is 0. The Morgan fingerprint density at radius 1 is 1.33 bits per heavy atom. The monoisotopic (exact) mass is 208 g/mol. The molecule has 0 fully saturated rings. The maximum Gasteiger partial charge on any atom is 0.231 e. The Labute approximate surface area is 89.6 Å². The Balaban J connectivity index is 2.22. The lowest BCUT2D eigenvalue weighted by Gasteiger charge is -2.17. The Morgan fingerprint density at radius 2 is 2.07 bits per heavy atom. The van der Waals surface area contributed by atoms with Crippen LogP contribution in [0, 0.1) is 5.92 Å². The molecule has 0 aromatic heterocycles. The van der Waals surface area contributed by atoms with Gasteiger partial charge in [-0.25, -0.2) is 0 Å². The summed E-state index contributed by atoms with van der Waals surface area (Å²) < 4.78 is 10.5. The first-order valence-electron chi connectivity index (χ1n) is 5.30. The van der Waals surface area contributed by atoms with Gasteiger partial charge in [-0.1, -0.05) is 26.3 Å². The molecule has 1 aromatic rings. The molecule has 0 saturated carbocycles. The molecule has 82 valence electrons. The van der Waals surface area contributed by atoms with E-state index in [4.69, 9.17) is 9.47 Å². The molecular formula is C12H16O3. The van der Waals surface area contributed by atoms with Crippen LogP contribution in [0.4, 0.5) is 0 Å². The average molecular weight is 208 g/mol. The second-order valence-corrected chi connectivity index (χ2v) is 3.94. The minimum Gasteiger partial charge on any atom is -0.454 e. The van der Waals surface area contributed by atoms with E-state index in [2.05, 4.69) is 6.92 Å². The van der Waals surface area contributed by atoms with E-state index in [1.807, 2.05) is 25.1 Å². The Hall–Kier alpha value is -1.22. The molecule has 15 heavy (non-hydrogen) atoms. The molecule has 0 amide bonds. The van der Waals surface area contributed by atoms with Crippen LogP contribution in [0.2, 0.25) is 0 Å². The lowest BCUT2D eigenvalue weighted by Crippen LogP contribution is -2.07. The van der Waals surface area contributed by atoms with Gasteiger partial charge in [0, 0.05) is 0 Å². The van der Waals surface area contributed by atoms with Gasteiger partial charge < -0.3 is 14.6 Å². The number of rotatable bonds is 3. The molecule has 3 nitrogen and oxygen atoms in total. The van der Waals surface area contributed by atoms with Crippen molar-refractivity contribution in [2.45, 2.75) is 26.4 Å². The summed E-state index contributed by atoms with van der Waals surface area (Å²) in [6.45, 7) is 4.38. The highest BCUT2D eigenvalue weighted by Crippen LogP contribution is 2.35. The highest BCUT2D eigenvalue weighted by Gasteiger charge is 2.19. The fraction of sp³-hybridized carbons (Fsp3) is 0.500. The van der Waals surface area contributed by atoms with Crippen LogP contribution in [-0.4, -0.2) is 11.9 Å². The molecular weight excluding hydrogens is 192 g/mol. The zero-order valence-electron chi connectivity index (χ0n) is 9.06. The van der Waals surface area contributed by atoms with Crippen LogP contribution < -0.4 is 9.47 Å². The maximum absolute atomic E-state index is 10.0. The van der Waals surface area contributed by atoms with Crippen molar-refractivity contribution in [1.82, 2.24) is 0 Å². The number of fused-ring (bicyclic) bond motifs is 1. The van der Waals surface area contributed by atoms with Crippen LogP contribution in [0.3, 0.4) is 0 Å². The van der Waals surface area contributed by atoms with Gasteiger partial charge in [0.1, 0.15) is 0 Å². The zero-order chi connectivity index (χ0) is 10.8. The smallest absolute Gasteiger partial charge is 0.231 e. The number of hydrogen-bond donors (Lipinski definition) is 1. The first kappa shape index (κ1) is 10.3. The third kappa shape index (κ3) is 1.92. The van der Waals surface area contributed by atoms with Crippen molar-refractivity contribution in [1.29, 1.82) is 0 Å². The predicted molar refractivity (Wildman–Crippen MR) is 57.0 cm³/mol. The van der Waals surface area contributed by atoms with Crippen LogP contribution in [-0.2, 0) is 0 Å². The molecule has 1 N–H and O–H groups in total. The highest BCUT2D eigenvalue weighted by atomic mass is 16.7. The largest absolute Gasteiger partial charge is 0.454 e. The molecule has 3 heteroatoms. The van der Waals surface area contributed by atoms with Crippen molar-refractivity contribution in [3.8, 4) is 11.5 Å². The van der Waals surface area contributed by atoms with Crippen LogP contribution >= 0.6 is 0 Å². The van der Waals surface area contributed by atoms with Crippen molar-refractivity contribution in [2.24, 2.45) is 5.92 Å². The standard InChI is InChI=1S/C12H16O3/c1-3-8(2)12(13)9-4-5-10-11(6-9)15-7-14-10/h4-6,8,12-13H,3,7H2,1-2H3. The third-order valence-electron chi connectivity index (χ3n) is 2.92. The van der Waals surface area contributed by atoms with E-state index >= 15 is 0 Å². The summed E-state index contributed by atoms with van der Waals surface area (Å²) in [4.78, 5) is 0. The Kier molecular flexibility index (Phi) is 2.82. The lowest BCUT2D eigenvalue weighted by molar-refractivity contribution is 0.115. The summed E-state index contributed by atoms with van der Waals surface area (Å²) in [5.74, 6) is 1.75. The first-order chi connectivity index (χ1) is 7.22. The minimum atomic E-state index is -0.426. The predicted octanol–water partition coefficient (Wildman–Crippen LogP) is 2.49. The molecule has 0 bridgehead atoms. The normalized spacial score (nSPS) is 17.5. The van der Waals surface area contributed by atoms with Gasteiger partial charge in [0.2, 0.25) is 6.79 Å². The summed E-state index contributed by atoms with van der Waals surface area (Å²) in [5.41, 5.74) is 0.897. The summed E-state index contributed by atoms with van der Waals surface area (Å²) in [6, 6.07) is 5.60. The van der Waals surface area contributed by atoms with Crippen molar-refractivity contribution >= 4 is 0 Å². The van der Waals surface area contributed by atoms with Crippen molar-refractivity contribution < 1.29 is 14.6 Å². The van der Waals surface area contributed by atoms with E-state index in [0.29, 0.717) is 0 Å². The van der Waals surface area contributed by atoms with Crippen LogP contribution in [0.15, 0.2) is 18.2 Å². The minimum absolute atomic E-state index is 0.255. The Bertz CT molecular complexity index is 349. The Morgan fingerprint density at radius 3 is 2.80 bits per heavy atom. The molecule has 1 aromatic carbocycles. The molecule has 0 saturated heterocycles. The van der Waals surface area contributed by atoms with Crippen LogP contribution in [0.1, 0.15) is 31.9 Å². The van der Waals surface area contributed by atoms with E-state index in [9.17, 15) is 5.11 Å². The fourth-order valence-electron chi connectivity index (χ4n) is 1.65. The van der Waals surface area contributed by atoms with Gasteiger partial charge in [-0.2, -0.15) is 0 Å². The van der Waals surface area contributed by atoms with Crippen LogP contribution in [0.25, 0.3) is 0 Å². The first-order valence-corrected chi connectivity index (χ1v) is 5.30. The van der Waals surface area contributed by atoms with Crippen molar-refractivity contribution in [3.63, 3.8) is 0 Å². The fourth-order valence-corrected chi connectivity index (χ4v) is 1.65. The van der Waals surface area contributed by atoms with Crippen LogP contribution in [0.5, 0.6) is 11.5 Å². The van der Waals surface area contributed by atoms with Gasteiger partial charge in [0.05, 0.1) is 6.10 Å². The number of benzene rings is 1. The zero-order valence-corrected chi connectivity index (χ0v) is 9.06. The van der Waals surface area contributed by atoms with E-state index < -0.39 is 6.10 Å². The molecule has 1 aliphatic heterocycles. The van der Waals surface area contributed by atoms with E-state index in [1.54, 1.807) is 0 Å². The van der Waals surface area contributed by atoms with Gasteiger partial charge in [-0.05, 0) is 23.6 Å². The highest BCUT2D eigenvalue weighted by molar-refractivity contribution is 5.45. The number of hydrogen-bond acceptors (Lipinski definition) is 3. The quantitative estimate of drug-likeness (QED) is 0.829. The second kappa shape index (κ2) is 4.11. The number of aliphatic hydroxyl groups is 1. The molecule has 2 unspecified atom stereocenters. The number of ether oxygens (including phenoxy) is 2. The van der Waals surface area contributed by atoms with Gasteiger partial charge in [0.25, 0.3) is 0 Å². The van der Waals surface area contributed by atoms with E-state index in [1.165, 1.54) is 0 Å². The molecule has 2 atom stereocenters. The summed E-state index contributed by atoms with van der Waals surface area (Å²) in [6.07, 6.45) is 0.528. The van der Waals surface area contributed by atoms with Crippen molar-refractivity contribution in [2.75, 3.05) is 6.79 Å². The number of aliphatic hydroxyl groups excluding tert-OH is 1. The second-order valence-electron chi connectivity index (χ2n) is 3.94. The third-order valence-corrected chi connectivity index (χ3v) is 2.92. The molecule has 0 aliphatic carbocycles. The molecule has 1 heterocycles.